The zero-order valence-electron chi connectivity index (χ0n) is 10.5. The van der Waals surface area contributed by atoms with Crippen molar-refractivity contribution in [2.45, 2.75) is 12.3 Å². The summed E-state index contributed by atoms with van der Waals surface area (Å²) in [6, 6.07) is 10.1. The van der Waals surface area contributed by atoms with E-state index in [1.54, 1.807) is 11.3 Å². The zero-order valence-corrected chi connectivity index (χ0v) is 11.4. The van der Waals surface area contributed by atoms with Crippen molar-refractivity contribution in [3.05, 3.63) is 46.2 Å². The molecule has 0 saturated carbocycles. The molecular weight excluding hydrogens is 260 g/mol. The maximum absolute atomic E-state index is 9.55. The van der Waals surface area contributed by atoms with E-state index in [-0.39, 0.29) is 12.5 Å². The first-order valence-electron chi connectivity index (χ1n) is 6.39. The summed E-state index contributed by atoms with van der Waals surface area (Å²) in [6.07, 6.45) is 0.813. The first-order valence-corrected chi connectivity index (χ1v) is 7.27. The van der Waals surface area contributed by atoms with Crippen molar-refractivity contribution < 1.29 is 14.6 Å². The molecule has 1 aromatic carbocycles. The number of hydrogen-bond donors (Lipinski definition) is 1. The summed E-state index contributed by atoms with van der Waals surface area (Å²) < 4.78 is 11.1. The maximum Gasteiger partial charge on any atom is 0.161 e. The van der Waals surface area contributed by atoms with E-state index in [1.165, 1.54) is 4.88 Å². The Kier molecular flexibility index (Phi) is 3.71. The average Bonchev–Trinajstić information content (AvgIpc) is 2.98. The van der Waals surface area contributed by atoms with Gasteiger partial charge in [-0.2, -0.15) is 0 Å². The van der Waals surface area contributed by atoms with Crippen LogP contribution in [0.5, 0.6) is 11.5 Å². The van der Waals surface area contributed by atoms with Gasteiger partial charge in [0.2, 0.25) is 0 Å². The summed E-state index contributed by atoms with van der Waals surface area (Å²) in [4.78, 5) is 1.22. The molecule has 0 fully saturated rings. The molecule has 0 amide bonds. The summed E-state index contributed by atoms with van der Waals surface area (Å²) in [5.74, 6) is 1.78. The zero-order chi connectivity index (χ0) is 13.1. The fraction of sp³-hybridized carbons (Fsp3) is 0.333. The highest BCUT2D eigenvalue weighted by Gasteiger charge is 2.16. The summed E-state index contributed by atoms with van der Waals surface area (Å²) in [5.41, 5.74) is 1.16. The molecule has 3 nitrogen and oxygen atoms in total. The Bertz CT molecular complexity index is 536. The van der Waals surface area contributed by atoms with Gasteiger partial charge >= 0.3 is 0 Å². The van der Waals surface area contributed by atoms with Crippen LogP contribution in [-0.4, -0.2) is 24.9 Å². The molecule has 19 heavy (non-hydrogen) atoms. The molecule has 2 heterocycles. The molecule has 4 heteroatoms. The minimum atomic E-state index is 0.155. The van der Waals surface area contributed by atoms with Gasteiger partial charge in [0.05, 0.1) is 6.61 Å². The van der Waals surface area contributed by atoms with Gasteiger partial charge in [-0.15, -0.1) is 11.3 Å². The molecule has 0 aliphatic carbocycles. The van der Waals surface area contributed by atoms with Crippen LogP contribution in [0.4, 0.5) is 0 Å². The monoisotopic (exact) mass is 276 g/mol. The second-order valence-electron chi connectivity index (χ2n) is 4.58. The van der Waals surface area contributed by atoms with Gasteiger partial charge in [-0.3, -0.25) is 0 Å². The first-order chi connectivity index (χ1) is 9.36. The largest absolute Gasteiger partial charge is 0.486 e. The Morgan fingerprint density at radius 2 is 2.00 bits per heavy atom. The van der Waals surface area contributed by atoms with Crippen LogP contribution in [0, 0.1) is 0 Å². The number of fused-ring (bicyclic) bond motifs is 1. The van der Waals surface area contributed by atoms with Crippen LogP contribution in [-0.2, 0) is 6.42 Å². The smallest absolute Gasteiger partial charge is 0.161 e. The van der Waals surface area contributed by atoms with E-state index in [9.17, 15) is 5.11 Å². The quantitative estimate of drug-likeness (QED) is 0.933. The molecule has 2 aromatic rings. The van der Waals surface area contributed by atoms with E-state index in [2.05, 4.69) is 6.07 Å². The molecular formula is C15H16O3S. The Morgan fingerprint density at radius 1 is 1.16 bits per heavy atom. The lowest BCUT2D eigenvalue weighted by molar-refractivity contribution is 0.171. The van der Waals surface area contributed by atoms with E-state index < -0.39 is 0 Å². The molecule has 0 saturated heterocycles. The lowest BCUT2D eigenvalue weighted by atomic mass is 9.98. The molecule has 1 atom stereocenters. The molecule has 0 spiro atoms. The van der Waals surface area contributed by atoms with Crippen LogP contribution in [0.1, 0.15) is 16.4 Å². The lowest BCUT2D eigenvalue weighted by Crippen LogP contribution is -2.15. The molecule has 0 bridgehead atoms. The molecule has 1 unspecified atom stereocenters. The number of thiophene rings is 1. The third-order valence-electron chi connectivity index (χ3n) is 3.25. The topological polar surface area (TPSA) is 38.7 Å². The Labute approximate surface area is 116 Å². The third-order valence-corrected chi connectivity index (χ3v) is 4.29. The minimum absolute atomic E-state index is 0.155. The van der Waals surface area contributed by atoms with Crippen LogP contribution >= 0.6 is 11.3 Å². The standard InChI is InChI=1S/C15H16O3S/c16-10-12(15-2-1-7-19-15)8-11-3-4-13-14(9-11)18-6-5-17-13/h1-4,7,9,12,16H,5-6,8,10H2. The predicted molar refractivity (Wildman–Crippen MR) is 75.3 cm³/mol. The lowest BCUT2D eigenvalue weighted by Gasteiger charge is -2.20. The van der Waals surface area contributed by atoms with Gasteiger partial charge in [0.15, 0.2) is 11.5 Å². The Hall–Kier alpha value is -1.52. The van der Waals surface area contributed by atoms with Crippen molar-refractivity contribution in [2.75, 3.05) is 19.8 Å². The highest BCUT2D eigenvalue weighted by Crippen LogP contribution is 2.33. The van der Waals surface area contributed by atoms with Gasteiger partial charge in [-0.05, 0) is 35.6 Å². The fourth-order valence-electron chi connectivity index (χ4n) is 2.28. The summed E-state index contributed by atoms with van der Waals surface area (Å²) in [7, 11) is 0. The maximum atomic E-state index is 9.55. The second kappa shape index (κ2) is 5.63. The minimum Gasteiger partial charge on any atom is -0.486 e. The van der Waals surface area contributed by atoms with Crippen molar-refractivity contribution in [1.29, 1.82) is 0 Å². The van der Waals surface area contributed by atoms with Gasteiger partial charge in [-0.25, -0.2) is 0 Å². The number of aliphatic hydroxyl groups is 1. The van der Waals surface area contributed by atoms with E-state index in [4.69, 9.17) is 9.47 Å². The van der Waals surface area contributed by atoms with Crippen molar-refractivity contribution in [2.24, 2.45) is 0 Å². The summed E-state index contributed by atoms with van der Waals surface area (Å²) in [5, 5.41) is 11.6. The predicted octanol–water partition coefficient (Wildman–Crippen LogP) is 2.84. The fourth-order valence-corrected chi connectivity index (χ4v) is 3.10. The summed E-state index contributed by atoms with van der Waals surface area (Å²) >= 11 is 1.69. The van der Waals surface area contributed by atoms with Crippen molar-refractivity contribution >= 4 is 11.3 Å². The van der Waals surface area contributed by atoms with Crippen molar-refractivity contribution in [3.8, 4) is 11.5 Å². The Balaban J connectivity index is 1.79. The number of hydrogen-bond acceptors (Lipinski definition) is 4. The SMILES string of the molecule is OCC(Cc1ccc2c(c1)OCCO2)c1cccs1. The molecule has 1 aromatic heterocycles. The third kappa shape index (κ3) is 2.74. The van der Waals surface area contributed by atoms with Crippen molar-refractivity contribution in [3.63, 3.8) is 0 Å². The van der Waals surface area contributed by atoms with E-state index in [0.717, 1.165) is 23.5 Å². The van der Waals surface area contributed by atoms with Gasteiger partial charge < -0.3 is 14.6 Å². The van der Waals surface area contributed by atoms with Gasteiger partial charge in [0.25, 0.3) is 0 Å². The molecule has 1 aliphatic rings. The highest BCUT2D eigenvalue weighted by molar-refractivity contribution is 7.10. The first kappa shape index (κ1) is 12.5. The Morgan fingerprint density at radius 3 is 2.74 bits per heavy atom. The molecule has 1 N–H and O–H groups in total. The van der Waals surface area contributed by atoms with Gasteiger partial charge in [0.1, 0.15) is 13.2 Å². The van der Waals surface area contributed by atoms with E-state index in [0.29, 0.717) is 13.2 Å². The number of rotatable bonds is 4. The molecule has 1 aliphatic heterocycles. The van der Waals surface area contributed by atoms with Crippen LogP contribution in [0.25, 0.3) is 0 Å². The van der Waals surface area contributed by atoms with Gasteiger partial charge in [0, 0.05) is 10.8 Å². The number of aliphatic hydroxyl groups excluding tert-OH is 1. The average molecular weight is 276 g/mol. The summed E-state index contributed by atoms with van der Waals surface area (Å²) in [6.45, 7) is 1.38. The van der Waals surface area contributed by atoms with Crippen LogP contribution in [0.15, 0.2) is 35.7 Å². The van der Waals surface area contributed by atoms with E-state index in [1.807, 2.05) is 29.6 Å². The molecule has 3 rings (SSSR count). The number of ether oxygens (including phenoxy) is 2. The van der Waals surface area contributed by atoms with Gasteiger partial charge in [-0.1, -0.05) is 12.1 Å². The van der Waals surface area contributed by atoms with Crippen molar-refractivity contribution in [1.82, 2.24) is 0 Å². The normalized spacial score (nSPS) is 15.2. The number of benzene rings is 1. The molecule has 0 radical (unpaired) electrons. The van der Waals surface area contributed by atoms with Crippen LogP contribution < -0.4 is 9.47 Å². The molecule has 100 valence electrons. The second-order valence-corrected chi connectivity index (χ2v) is 5.56. The van der Waals surface area contributed by atoms with Crippen LogP contribution in [0.2, 0.25) is 0 Å². The highest BCUT2D eigenvalue weighted by atomic mass is 32.1. The van der Waals surface area contributed by atoms with Crippen LogP contribution in [0.3, 0.4) is 0 Å². The van der Waals surface area contributed by atoms with E-state index >= 15 is 0 Å².